The van der Waals surface area contributed by atoms with Gasteiger partial charge in [0.15, 0.2) is 0 Å². The second-order valence-corrected chi connectivity index (χ2v) is 9.56. The van der Waals surface area contributed by atoms with Crippen LogP contribution >= 0.6 is 0 Å². The minimum absolute atomic E-state index is 0.0246. The lowest BCUT2D eigenvalue weighted by atomic mass is 9.98. The fourth-order valence-corrected chi connectivity index (χ4v) is 3.22. The van der Waals surface area contributed by atoms with E-state index < -0.39 is 35.6 Å². The molecule has 0 saturated carbocycles. The van der Waals surface area contributed by atoms with Crippen LogP contribution in [0.15, 0.2) is 18.2 Å². The second-order valence-electron chi connectivity index (χ2n) is 9.56. The molecule has 33 heavy (non-hydrogen) atoms. The van der Waals surface area contributed by atoms with Gasteiger partial charge in [-0.3, -0.25) is 14.4 Å². The van der Waals surface area contributed by atoms with Crippen molar-refractivity contribution in [2.45, 2.75) is 85.0 Å². The highest BCUT2D eigenvalue weighted by atomic mass is 16.6. The summed E-state index contributed by atoms with van der Waals surface area (Å²) < 4.78 is 5.26. The van der Waals surface area contributed by atoms with Gasteiger partial charge in [0, 0.05) is 19.5 Å². The molecule has 0 saturated heterocycles. The number of rotatable bonds is 9. The van der Waals surface area contributed by atoms with E-state index in [0.29, 0.717) is 5.56 Å². The van der Waals surface area contributed by atoms with Crippen molar-refractivity contribution in [2.75, 3.05) is 7.05 Å². The molecule has 2 unspecified atom stereocenters. The molecule has 0 bridgehead atoms. The molecule has 0 aliphatic rings. The molecule has 1 aromatic carbocycles. The van der Waals surface area contributed by atoms with Crippen molar-refractivity contribution in [2.24, 2.45) is 5.73 Å². The van der Waals surface area contributed by atoms with Gasteiger partial charge in [-0.1, -0.05) is 18.2 Å². The highest BCUT2D eigenvalue weighted by Crippen LogP contribution is 2.24. The van der Waals surface area contributed by atoms with E-state index in [1.165, 1.54) is 11.9 Å². The van der Waals surface area contributed by atoms with E-state index in [1.807, 2.05) is 39.8 Å². The van der Waals surface area contributed by atoms with E-state index in [9.17, 15) is 19.2 Å². The molecule has 1 rings (SSSR count). The van der Waals surface area contributed by atoms with Gasteiger partial charge < -0.3 is 26.0 Å². The number of hydrogen-bond donors (Lipinski definition) is 3. The summed E-state index contributed by atoms with van der Waals surface area (Å²) >= 11 is 0. The van der Waals surface area contributed by atoms with Crippen LogP contribution in [0.25, 0.3) is 0 Å². The average molecular weight is 463 g/mol. The zero-order chi connectivity index (χ0) is 25.5. The summed E-state index contributed by atoms with van der Waals surface area (Å²) in [5, 5.41) is 5.38. The average Bonchev–Trinajstić information content (AvgIpc) is 2.65. The molecule has 4 amide bonds. The van der Waals surface area contributed by atoms with Gasteiger partial charge in [-0.2, -0.15) is 0 Å². The lowest BCUT2D eigenvalue weighted by molar-refractivity contribution is -0.141. The molecule has 4 N–H and O–H groups in total. The Bertz CT molecular complexity index is 876. The Hall–Kier alpha value is -3.10. The molecule has 9 heteroatoms. The fraction of sp³-hybridized carbons (Fsp3) is 0.583. The summed E-state index contributed by atoms with van der Waals surface area (Å²) in [6.45, 7) is 12.6. The largest absolute Gasteiger partial charge is 0.444 e. The van der Waals surface area contributed by atoms with Gasteiger partial charge in [-0.25, -0.2) is 4.79 Å². The van der Waals surface area contributed by atoms with E-state index in [2.05, 4.69) is 10.6 Å². The minimum Gasteiger partial charge on any atom is -0.444 e. The van der Waals surface area contributed by atoms with E-state index in [4.69, 9.17) is 10.5 Å². The predicted octanol–water partition coefficient (Wildman–Crippen LogP) is 2.49. The van der Waals surface area contributed by atoms with Gasteiger partial charge in [0.1, 0.15) is 17.7 Å². The molecule has 0 aliphatic carbocycles. The molecule has 0 aliphatic heterocycles. The smallest absolute Gasteiger partial charge is 0.408 e. The van der Waals surface area contributed by atoms with Gasteiger partial charge in [0.25, 0.3) is 0 Å². The van der Waals surface area contributed by atoms with Crippen LogP contribution in [-0.2, 0) is 19.1 Å². The number of alkyl carbamates (subject to hydrolysis) is 1. The highest BCUT2D eigenvalue weighted by molar-refractivity contribution is 5.92. The molecule has 184 valence electrons. The molecular formula is C24H38N4O5. The van der Waals surface area contributed by atoms with Crippen LogP contribution in [0, 0.1) is 13.8 Å². The van der Waals surface area contributed by atoms with Gasteiger partial charge in [0.2, 0.25) is 17.7 Å². The van der Waals surface area contributed by atoms with Crippen LogP contribution in [0.3, 0.4) is 0 Å². The Morgan fingerprint density at radius 2 is 1.67 bits per heavy atom. The summed E-state index contributed by atoms with van der Waals surface area (Å²) in [5.74, 6) is -1.50. The Kier molecular flexibility index (Phi) is 9.88. The van der Waals surface area contributed by atoms with Crippen molar-refractivity contribution in [1.29, 1.82) is 0 Å². The molecule has 0 heterocycles. The molecule has 2 atom stereocenters. The first-order chi connectivity index (χ1) is 15.1. The van der Waals surface area contributed by atoms with Gasteiger partial charge >= 0.3 is 6.09 Å². The second kappa shape index (κ2) is 11.7. The normalized spacial score (nSPS) is 13.1. The number of likely N-dealkylation sites (N-methyl/N-ethyl adjacent to an activating group) is 1. The third-order valence-electron chi connectivity index (χ3n) is 4.93. The predicted molar refractivity (Wildman–Crippen MR) is 126 cm³/mol. The number of carbonyl (C=O) groups is 4. The molecule has 0 spiro atoms. The summed E-state index contributed by atoms with van der Waals surface area (Å²) in [4.78, 5) is 51.5. The van der Waals surface area contributed by atoms with E-state index >= 15 is 0 Å². The van der Waals surface area contributed by atoms with E-state index in [1.54, 1.807) is 26.8 Å². The zero-order valence-corrected chi connectivity index (χ0v) is 20.9. The molecule has 9 nitrogen and oxygen atoms in total. The maximum absolute atomic E-state index is 13.4. The Balaban J connectivity index is 3.29. The first-order valence-corrected chi connectivity index (χ1v) is 11.0. The first-order valence-electron chi connectivity index (χ1n) is 11.0. The molecular weight excluding hydrogens is 424 g/mol. The summed E-state index contributed by atoms with van der Waals surface area (Å²) in [6.07, 6.45) is -0.941. The number of primary amides is 1. The number of carbonyl (C=O) groups excluding carboxylic acids is 4. The van der Waals surface area contributed by atoms with Crippen LogP contribution < -0.4 is 16.4 Å². The van der Waals surface area contributed by atoms with Crippen molar-refractivity contribution < 1.29 is 23.9 Å². The topological polar surface area (TPSA) is 131 Å². The van der Waals surface area contributed by atoms with Crippen LogP contribution in [0.1, 0.15) is 70.2 Å². The van der Waals surface area contributed by atoms with Crippen molar-refractivity contribution in [3.63, 3.8) is 0 Å². The maximum atomic E-state index is 13.4. The molecule has 0 fully saturated rings. The number of nitrogens with two attached hydrogens (primary N) is 1. The van der Waals surface area contributed by atoms with Gasteiger partial charge in [-0.15, -0.1) is 0 Å². The number of nitrogens with zero attached hydrogens (tertiary/aromatic N) is 1. The van der Waals surface area contributed by atoms with E-state index in [-0.39, 0.29) is 24.8 Å². The third-order valence-corrected chi connectivity index (χ3v) is 4.93. The summed E-state index contributed by atoms with van der Waals surface area (Å²) in [7, 11) is 1.50. The minimum atomic E-state index is -1.10. The third kappa shape index (κ3) is 9.11. The summed E-state index contributed by atoms with van der Waals surface area (Å²) in [6, 6.07) is 3.39. The molecule has 0 aromatic heterocycles. The van der Waals surface area contributed by atoms with Gasteiger partial charge in [-0.05, 0) is 71.6 Å². The zero-order valence-electron chi connectivity index (χ0n) is 20.9. The summed E-state index contributed by atoms with van der Waals surface area (Å²) in [5.41, 5.74) is 7.16. The van der Waals surface area contributed by atoms with Crippen LogP contribution in [-0.4, -0.2) is 53.4 Å². The number of benzene rings is 1. The monoisotopic (exact) mass is 462 g/mol. The Labute approximate surface area is 196 Å². The SMILES string of the molecule is Cc1ccc(C(C(=O)NC(C)C)N(C)C(=O)C(CCC(N)=O)NC(=O)OC(C)(C)C)cc1C. The highest BCUT2D eigenvalue weighted by Gasteiger charge is 2.34. The fourth-order valence-electron chi connectivity index (χ4n) is 3.22. The van der Waals surface area contributed by atoms with Crippen LogP contribution in [0.4, 0.5) is 4.79 Å². The van der Waals surface area contributed by atoms with Crippen molar-refractivity contribution in [3.8, 4) is 0 Å². The molecule has 1 aromatic rings. The first kappa shape index (κ1) is 27.9. The van der Waals surface area contributed by atoms with Crippen molar-refractivity contribution in [3.05, 3.63) is 34.9 Å². The van der Waals surface area contributed by atoms with Crippen molar-refractivity contribution in [1.82, 2.24) is 15.5 Å². The van der Waals surface area contributed by atoms with Crippen molar-refractivity contribution >= 4 is 23.8 Å². The quantitative estimate of drug-likeness (QED) is 0.519. The number of ether oxygens (including phenoxy) is 1. The lowest BCUT2D eigenvalue weighted by Gasteiger charge is -2.32. The number of aryl methyl sites for hydroxylation is 2. The maximum Gasteiger partial charge on any atom is 0.408 e. The number of hydrogen-bond acceptors (Lipinski definition) is 5. The van der Waals surface area contributed by atoms with Gasteiger partial charge in [0.05, 0.1) is 0 Å². The number of amides is 4. The van der Waals surface area contributed by atoms with E-state index in [0.717, 1.165) is 11.1 Å². The molecule has 0 radical (unpaired) electrons. The lowest BCUT2D eigenvalue weighted by Crippen LogP contribution is -2.52. The van der Waals surface area contributed by atoms with Crippen LogP contribution in [0.2, 0.25) is 0 Å². The number of nitrogens with one attached hydrogen (secondary N) is 2. The van der Waals surface area contributed by atoms with Crippen LogP contribution in [0.5, 0.6) is 0 Å². The standard InChI is InChI=1S/C24H38N4O5/c1-14(2)26-21(30)20(17-10-9-15(3)16(4)13-17)28(8)22(31)18(11-12-19(25)29)27-23(32)33-24(5,6)7/h9-10,13-14,18,20H,11-12H2,1-8H3,(H2,25,29)(H,26,30)(H,27,32). The Morgan fingerprint density at radius 3 is 2.15 bits per heavy atom. The Morgan fingerprint density at radius 1 is 1.06 bits per heavy atom.